The lowest BCUT2D eigenvalue weighted by Gasteiger charge is -2.09. The van der Waals surface area contributed by atoms with E-state index in [1.165, 1.54) is 32.1 Å². The van der Waals surface area contributed by atoms with E-state index in [1.807, 2.05) is 0 Å². The number of nitrogens with two attached hydrogens (primary N) is 1. The van der Waals surface area contributed by atoms with Crippen LogP contribution in [-0.4, -0.2) is 9.97 Å². The first kappa shape index (κ1) is 12.1. The lowest BCUT2D eigenvalue weighted by atomic mass is 10.1. The highest BCUT2D eigenvalue weighted by Crippen LogP contribution is 2.14. The molecule has 0 aromatic carbocycles. The van der Waals surface area contributed by atoms with Gasteiger partial charge in [-0.2, -0.15) is 0 Å². The van der Waals surface area contributed by atoms with Crippen molar-refractivity contribution in [3.63, 3.8) is 0 Å². The van der Waals surface area contributed by atoms with E-state index in [1.54, 1.807) is 18.6 Å². The first-order chi connectivity index (χ1) is 7.34. The van der Waals surface area contributed by atoms with Crippen LogP contribution in [0.5, 0.6) is 0 Å². The summed E-state index contributed by atoms with van der Waals surface area (Å²) in [4.78, 5) is 8.23. The molecule has 0 fully saturated rings. The molecule has 0 aliphatic heterocycles. The molecule has 0 aliphatic carbocycles. The highest BCUT2D eigenvalue weighted by molar-refractivity contribution is 5.00. The number of hydrogen-bond acceptors (Lipinski definition) is 3. The van der Waals surface area contributed by atoms with Gasteiger partial charge in [0.15, 0.2) is 0 Å². The highest BCUT2D eigenvalue weighted by atomic mass is 14.8. The molecule has 0 saturated carbocycles. The second-order valence-corrected chi connectivity index (χ2v) is 3.94. The molecule has 0 bridgehead atoms. The molecule has 1 heterocycles. The molecule has 1 rings (SSSR count). The van der Waals surface area contributed by atoms with E-state index in [0.717, 1.165) is 12.1 Å². The van der Waals surface area contributed by atoms with Crippen LogP contribution >= 0.6 is 0 Å². The third-order valence-electron chi connectivity index (χ3n) is 2.58. The van der Waals surface area contributed by atoms with E-state index in [-0.39, 0.29) is 6.04 Å². The molecule has 1 unspecified atom stereocenters. The van der Waals surface area contributed by atoms with Gasteiger partial charge in [-0.3, -0.25) is 9.97 Å². The van der Waals surface area contributed by atoms with Crippen molar-refractivity contribution >= 4 is 0 Å². The molecule has 84 valence electrons. The van der Waals surface area contributed by atoms with Crippen LogP contribution in [0.4, 0.5) is 0 Å². The van der Waals surface area contributed by atoms with Crippen molar-refractivity contribution in [1.82, 2.24) is 9.97 Å². The number of unbranched alkanes of at least 4 members (excludes halogenated alkanes) is 4. The van der Waals surface area contributed by atoms with Gasteiger partial charge in [0.2, 0.25) is 0 Å². The maximum atomic E-state index is 6.01. The molecule has 1 aromatic heterocycles. The average Bonchev–Trinajstić information content (AvgIpc) is 2.30. The van der Waals surface area contributed by atoms with E-state index < -0.39 is 0 Å². The largest absolute Gasteiger partial charge is 0.323 e. The van der Waals surface area contributed by atoms with Gasteiger partial charge >= 0.3 is 0 Å². The van der Waals surface area contributed by atoms with Crippen LogP contribution < -0.4 is 5.73 Å². The standard InChI is InChI=1S/C12H21N3/c1-2-3-4-5-6-7-11(13)12-10-14-8-9-15-12/h8-11H,2-7,13H2,1H3. The molecule has 3 heteroatoms. The highest BCUT2D eigenvalue weighted by Gasteiger charge is 2.06. The minimum Gasteiger partial charge on any atom is -0.323 e. The molecule has 0 saturated heterocycles. The van der Waals surface area contributed by atoms with Gasteiger partial charge in [-0.05, 0) is 6.42 Å². The minimum atomic E-state index is 0.0559. The van der Waals surface area contributed by atoms with E-state index in [0.29, 0.717) is 0 Å². The smallest absolute Gasteiger partial charge is 0.0753 e. The zero-order valence-electron chi connectivity index (χ0n) is 9.52. The van der Waals surface area contributed by atoms with Crippen LogP contribution in [0.3, 0.4) is 0 Å². The van der Waals surface area contributed by atoms with Gasteiger partial charge in [-0.15, -0.1) is 0 Å². The fourth-order valence-electron chi connectivity index (χ4n) is 1.62. The summed E-state index contributed by atoms with van der Waals surface area (Å²) in [6.45, 7) is 2.23. The van der Waals surface area contributed by atoms with Crippen molar-refractivity contribution in [2.75, 3.05) is 0 Å². The maximum absolute atomic E-state index is 6.01. The van der Waals surface area contributed by atoms with Crippen LogP contribution in [-0.2, 0) is 0 Å². The topological polar surface area (TPSA) is 51.8 Å². The first-order valence-corrected chi connectivity index (χ1v) is 5.86. The summed E-state index contributed by atoms with van der Waals surface area (Å²) in [6.07, 6.45) is 12.6. The molecule has 2 N–H and O–H groups in total. The van der Waals surface area contributed by atoms with E-state index in [2.05, 4.69) is 16.9 Å². The van der Waals surface area contributed by atoms with Crippen molar-refractivity contribution in [2.45, 2.75) is 51.5 Å². The average molecular weight is 207 g/mol. The number of rotatable bonds is 7. The minimum absolute atomic E-state index is 0.0559. The third-order valence-corrected chi connectivity index (χ3v) is 2.58. The van der Waals surface area contributed by atoms with Crippen molar-refractivity contribution in [3.8, 4) is 0 Å². The second kappa shape index (κ2) is 7.35. The Morgan fingerprint density at radius 1 is 1.20 bits per heavy atom. The molecule has 0 spiro atoms. The third kappa shape index (κ3) is 4.88. The molecular weight excluding hydrogens is 186 g/mol. The summed E-state index contributed by atoms with van der Waals surface area (Å²) in [5.74, 6) is 0. The van der Waals surface area contributed by atoms with Crippen molar-refractivity contribution in [1.29, 1.82) is 0 Å². The van der Waals surface area contributed by atoms with Gasteiger partial charge in [-0.1, -0.05) is 39.0 Å². The summed E-state index contributed by atoms with van der Waals surface area (Å²) < 4.78 is 0. The van der Waals surface area contributed by atoms with Gasteiger partial charge in [0.1, 0.15) is 0 Å². The lowest BCUT2D eigenvalue weighted by Crippen LogP contribution is -2.11. The van der Waals surface area contributed by atoms with Gasteiger partial charge in [-0.25, -0.2) is 0 Å². The van der Waals surface area contributed by atoms with Gasteiger partial charge in [0, 0.05) is 24.6 Å². The molecule has 0 aliphatic rings. The normalized spacial score (nSPS) is 12.7. The summed E-state index contributed by atoms with van der Waals surface area (Å²) >= 11 is 0. The van der Waals surface area contributed by atoms with Gasteiger partial charge in [0.05, 0.1) is 5.69 Å². The van der Waals surface area contributed by atoms with E-state index in [4.69, 9.17) is 5.73 Å². The van der Waals surface area contributed by atoms with Gasteiger partial charge in [0.25, 0.3) is 0 Å². The SMILES string of the molecule is CCCCCCCC(N)c1cnccn1. The number of hydrogen-bond donors (Lipinski definition) is 1. The van der Waals surface area contributed by atoms with Crippen LogP contribution in [0.25, 0.3) is 0 Å². The van der Waals surface area contributed by atoms with Crippen molar-refractivity contribution in [2.24, 2.45) is 5.73 Å². The summed E-state index contributed by atoms with van der Waals surface area (Å²) in [7, 11) is 0. The Morgan fingerprint density at radius 3 is 2.67 bits per heavy atom. The molecule has 1 aromatic rings. The van der Waals surface area contributed by atoms with Crippen LogP contribution in [0.2, 0.25) is 0 Å². The fraction of sp³-hybridized carbons (Fsp3) is 0.667. The lowest BCUT2D eigenvalue weighted by molar-refractivity contribution is 0.546. The molecular formula is C12H21N3. The number of aromatic nitrogens is 2. The maximum Gasteiger partial charge on any atom is 0.0753 e. The second-order valence-electron chi connectivity index (χ2n) is 3.94. The Hall–Kier alpha value is -0.960. The Labute approximate surface area is 92.1 Å². The summed E-state index contributed by atoms with van der Waals surface area (Å²) in [5.41, 5.74) is 6.92. The fourth-order valence-corrected chi connectivity index (χ4v) is 1.62. The quantitative estimate of drug-likeness (QED) is 0.699. The monoisotopic (exact) mass is 207 g/mol. The molecule has 15 heavy (non-hydrogen) atoms. The van der Waals surface area contributed by atoms with E-state index in [9.17, 15) is 0 Å². The molecule has 0 radical (unpaired) electrons. The van der Waals surface area contributed by atoms with E-state index >= 15 is 0 Å². The Morgan fingerprint density at radius 2 is 2.00 bits per heavy atom. The molecule has 3 nitrogen and oxygen atoms in total. The van der Waals surface area contributed by atoms with Crippen LogP contribution in [0.15, 0.2) is 18.6 Å². The molecule has 1 atom stereocenters. The van der Waals surface area contributed by atoms with Crippen molar-refractivity contribution < 1.29 is 0 Å². The van der Waals surface area contributed by atoms with Crippen molar-refractivity contribution in [3.05, 3.63) is 24.3 Å². The Kier molecular flexibility index (Phi) is 5.93. The Balaban J connectivity index is 2.16. The Bertz CT molecular complexity index is 248. The predicted octanol–water partition coefficient (Wildman–Crippen LogP) is 2.84. The van der Waals surface area contributed by atoms with Crippen LogP contribution in [0, 0.1) is 0 Å². The first-order valence-electron chi connectivity index (χ1n) is 5.86. The predicted molar refractivity (Wildman–Crippen MR) is 62.3 cm³/mol. The zero-order valence-corrected chi connectivity index (χ0v) is 9.52. The van der Waals surface area contributed by atoms with Crippen LogP contribution in [0.1, 0.15) is 57.2 Å². The summed E-state index contributed by atoms with van der Waals surface area (Å²) in [6, 6.07) is 0.0559. The zero-order chi connectivity index (χ0) is 10.9. The molecule has 0 amide bonds. The van der Waals surface area contributed by atoms with Gasteiger partial charge < -0.3 is 5.73 Å². The summed E-state index contributed by atoms with van der Waals surface area (Å²) in [5, 5.41) is 0. The number of nitrogens with zero attached hydrogens (tertiary/aromatic N) is 2.